The van der Waals surface area contributed by atoms with E-state index in [9.17, 15) is 15.0 Å². The number of carbonyl (C=O) groups excluding carboxylic acids is 1. The number of carbonyl (C=O) groups is 1. The largest absolute Gasteiger partial charge is 0.504 e. The first kappa shape index (κ1) is 14.6. The van der Waals surface area contributed by atoms with Crippen molar-refractivity contribution in [2.45, 2.75) is 25.3 Å². The molecular formula is C14H20N2O4. The molecule has 6 nitrogen and oxygen atoms in total. The Bertz CT molecular complexity index is 500. The lowest BCUT2D eigenvalue weighted by Crippen LogP contribution is -2.44. The summed E-state index contributed by atoms with van der Waals surface area (Å²) in [5.41, 5.74) is 6.34. The molecule has 0 spiro atoms. The van der Waals surface area contributed by atoms with Crippen LogP contribution in [0.2, 0.25) is 0 Å². The number of aliphatic hydroxyl groups excluding tert-OH is 1. The van der Waals surface area contributed by atoms with Gasteiger partial charge in [-0.05, 0) is 37.0 Å². The van der Waals surface area contributed by atoms with Crippen molar-refractivity contribution in [3.8, 4) is 11.5 Å². The number of nitrogens with one attached hydrogen (secondary N) is 1. The average molecular weight is 280 g/mol. The van der Waals surface area contributed by atoms with E-state index >= 15 is 0 Å². The van der Waals surface area contributed by atoms with Crippen molar-refractivity contribution in [2.24, 2.45) is 11.1 Å². The van der Waals surface area contributed by atoms with Crippen LogP contribution in [0.25, 0.3) is 0 Å². The predicted molar refractivity (Wildman–Crippen MR) is 73.2 cm³/mol. The summed E-state index contributed by atoms with van der Waals surface area (Å²) in [6, 6.07) is 3.63. The standard InChI is InChI=1S/C14H20N2O4/c15-10(5-9-1-2-11(18)12(19)6-9)13(20)16-7-14(8-17)3-4-14/h1-2,6,10,17-19H,3-5,7-8,15H2,(H,16,20)/t10-/m0/s1. The normalized spacial score (nSPS) is 17.5. The summed E-state index contributed by atoms with van der Waals surface area (Å²) in [5, 5.41) is 30.5. The van der Waals surface area contributed by atoms with Gasteiger partial charge in [-0.1, -0.05) is 6.07 Å². The highest BCUT2D eigenvalue weighted by atomic mass is 16.3. The lowest BCUT2D eigenvalue weighted by molar-refractivity contribution is -0.122. The average Bonchev–Trinajstić information content (AvgIpc) is 3.21. The highest BCUT2D eigenvalue weighted by Crippen LogP contribution is 2.44. The van der Waals surface area contributed by atoms with E-state index in [2.05, 4.69) is 5.32 Å². The van der Waals surface area contributed by atoms with E-state index in [4.69, 9.17) is 10.8 Å². The molecule has 1 aromatic carbocycles. The van der Waals surface area contributed by atoms with Crippen molar-refractivity contribution < 1.29 is 20.1 Å². The van der Waals surface area contributed by atoms with Gasteiger partial charge in [-0.3, -0.25) is 4.79 Å². The molecule has 1 saturated carbocycles. The second-order valence-corrected chi connectivity index (χ2v) is 5.51. The van der Waals surface area contributed by atoms with Gasteiger partial charge in [0.25, 0.3) is 0 Å². The number of aliphatic hydroxyl groups is 1. The molecule has 2 rings (SSSR count). The fourth-order valence-corrected chi connectivity index (χ4v) is 2.02. The van der Waals surface area contributed by atoms with Crippen LogP contribution in [0.15, 0.2) is 18.2 Å². The highest BCUT2D eigenvalue weighted by Gasteiger charge is 2.42. The van der Waals surface area contributed by atoms with Gasteiger partial charge in [0.15, 0.2) is 11.5 Å². The predicted octanol–water partition coefficient (Wildman–Crippen LogP) is -0.144. The molecule has 110 valence electrons. The van der Waals surface area contributed by atoms with Crippen LogP contribution in [0.1, 0.15) is 18.4 Å². The molecule has 0 heterocycles. The summed E-state index contributed by atoms with van der Waals surface area (Å²) in [4.78, 5) is 11.9. The number of hydrogen-bond donors (Lipinski definition) is 5. The molecule has 20 heavy (non-hydrogen) atoms. The van der Waals surface area contributed by atoms with E-state index < -0.39 is 6.04 Å². The van der Waals surface area contributed by atoms with Crippen LogP contribution in [-0.4, -0.2) is 40.4 Å². The van der Waals surface area contributed by atoms with Crippen molar-refractivity contribution in [3.05, 3.63) is 23.8 Å². The van der Waals surface area contributed by atoms with Gasteiger partial charge < -0.3 is 26.4 Å². The zero-order valence-corrected chi connectivity index (χ0v) is 11.2. The fourth-order valence-electron chi connectivity index (χ4n) is 2.02. The van der Waals surface area contributed by atoms with Gasteiger partial charge in [-0.15, -0.1) is 0 Å². The summed E-state index contributed by atoms with van der Waals surface area (Å²) in [6.45, 7) is 0.519. The van der Waals surface area contributed by atoms with Gasteiger partial charge in [-0.25, -0.2) is 0 Å². The number of nitrogens with two attached hydrogens (primary N) is 1. The lowest BCUT2D eigenvalue weighted by Gasteiger charge is -2.16. The summed E-state index contributed by atoms with van der Waals surface area (Å²) < 4.78 is 0. The Labute approximate surface area is 117 Å². The molecule has 0 aromatic heterocycles. The molecule has 1 atom stereocenters. The van der Waals surface area contributed by atoms with E-state index in [1.165, 1.54) is 12.1 Å². The van der Waals surface area contributed by atoms with Gasteiger partial charge in [0.2, 0.25) is 5.91 Å². The van der Waals surface area contributed by atoms with Gasteiger partial charge in [0.05, 0.1) is 12.6 Å². The second-order valence-electron chi connectivity index (χ2n) is 5.51. The minimum atomic E-state index is -0.728. The minimum absolute atomic E-state index is 0.0777. The minimum Gasteiger partial charge on any atom is -0.504 e. The summed E-state index contributed by atoms with van der Waals surface area (Å²) in [6.07, 6.45) is 2.11. The highest BCUT2D eigenvalue weighted by molar-refractivity contribution is 5.81. The molecule has 1 amide bonds. The third-order valence-corrected chi connectivity index (χ3v) is 3.76. The van der Waals surface area contributed by atoms with Crippen LogP contribution in [0.3, 0.4) is 0 Å². The quantitative estimate of drug-likeness (QED) is 0.465. The Morgan fingerprint density at radius 1 is 1.35 bits per heavy atom. The smallest absolute Gasteiger partial charge is 0.237 e. The Morgan fingerprint density at radius 2 is 2.05 bits per heavy atom. The molecule has 6 heteroatoms. The van der Waals surface area contributed by atoms with E-state index in [-0.39, 0.29) is 35.8 Å². The number of amides is 1. The molecule has 0 radical (unpaired) electrons. The summed E-state index contributed by atoms with van der Waals surface area (Å²) in [5.74, 6) is -0.713. The Morgan fingerprint density at radius 3 is 2.60 bits per heavy atom. The fraction of sp³-hybridized carbons (Fsp3) is 0.500. The van der Waals surface area contributed by atoms with Gasteiger partial charge in [-0.2, -0.15) is 0 Å². The van der Waals surface area contributed by atoms with Crippen molar-refractivity contribution in [3.63, 3.8) is 0 Å². The number of phenolic OH excluding ortho intramolecular Hbond substituents is 2. The first-order valence-corrected chi connectivity index (χ1v) is 6.61. The first-order valence-electron chi connectivity index (χ1n) is 6.61. The van der Waals surface area contributed by atoms with Crippen LogP contribution in [0.5, 0.6) is 11.5 Å². The topological polar surface area (TPSA) is 116 Å². The van der Waals surface area contributed by atoms with Crippen molar-refractivity contribution >= 4 is 5.91 Å². The maximum Gasteiger partial charge on any atom is 0.237 e. The Balaban J connectivity index is 1.85. The molecule has 1 aliphatic rings. The lowest BCUT2D eigenvalue weighted by atomic mass is 10.0. The SMILES string of the molecule is N[C@@H](Cc1ccc(O)c(O)c1)C(=O)NCC1(CO)CC1. The van der Waals surface area contributed by atoms with E-state index in [1.807, 2.05) is 0 Å². The molecular weight excluding hydrogens is 260 g/mol. The summed E-state index contributed by atoms with van der Waals surface area (Å²) in [7, 11) is 0. The van der Waals surface area contributed by atoms with E-state index in [1.54, 1.807) is 6.07 Å². The van der Waals surface area contributed by atoms with Crippen molar-refractivity contribution in [1.29, 1.82) is 0 Å². The van der Waals surface area contributed by atoms with Gasteiger partial charge >= 0.3 is 0 Å². The number of benzene rings is 1. The Hall–Kier alpha value is -1.79. The number of hydrogen-bond acceptors (Lipinski definition) is 5. The van der Waals surface area contributed by atoms with Crippen LogP contribution in [0.4, 0.5) is 0 Å². The molecule has 0 saturated heterocycles. The zero-order chi connectivity index (χ0) is 14.8. The first-order chi connectivity index (χ1) is 9.46. The van der Waals surface area contributed by atoms with Crippen LogP contribution >= 0.6 is 0 Å². The van der Waals surface area contributed by atoms with Crippen molar-refractivity contribution in [2.75, 3.05) is 13.2 Å². The molecule has 1 aromatic rings. The monoisotopic (exact) mass is 280 g/mol. The van der Waals surface area contributed by atoms with Crippen LogP contribution < -0.4 is 11.1 Å². The maximum absolute atomic E-state index is 11.9. The number of rotatable bonds is 6. The maximum atomic E-state index is 11.9. The summed E-state index contributed by atoms with van der Waals surface area (Å²) >= 11 is 0. The zero-order valence-electron chi connectivity index (χ0n) is 11.2. The third kappa shape index (κ3) is 3.40. The van der Waals surface area contributed by atoms with Crippen LogP contribution in [0, 0.1) is 5.41 Å². The van der Waals surface area contributed by atoms with Gasteiger partial charge in [0, 0.05) is 12.0 Å². The molecule has 1 fully saturated rings. The number of aromatic hydroxyl groups is 2. The second kappa shape index (κ2) is 5.68. The third-order valence-electron chi connectivity index (χ3n) is 3.76. The molecule has 6 N–H and O–H groups in total. The molecule has 0 bridgehead atoms. The van der Waals surface area contributed by atoms with Crippen molar-refractivity contribution in [1.82, 2.24) is 5.32 Å². The molecule has 0 aliphatic heterocycles. The molecule has 1 aliphatic carbocycles. The van der Waals surface area contributed by atoms with E-state index in [0.29, 0.717) is 12.1 Å². The molecule has 0 unspecified atom stereocenters. The number of phenols is 2. The van der Waals surface area contributed by atoms with Crippen LogP contribution in [-0.2, 0) is 11.2 Å². The van der Waals surface area contributed by atoms with Gasteiger partial charge in [0.1, 0.15) is 0 Å². The van der Waals surface area contributed by atoms with E-state index in [0.717, 1.165) is 12.8 Å². The Kier molecular flexibility index (Phi) is 4.15.